The molecule has 0 aromatic heterocycles. The normalized spacial score (nSPS) is 33.0. The van der Waals surface area contributed by atoms with Crippen LogP contribution in [0.4, 0.5) is 0 Å². The van der Waals surface area contributed by atoms with Gasteiger partial charge in [-0.25, -0.2) is 0 Å². The Morgan fingerprint density at radius 3 is 1.68 bits per heavy atom. The Hall–Kier alpha value is -0.0800. The van der Waals surface area contributed by atoms with E-state index in [0.717, 1.165) is 43.5 Å². The largest absolute Gasteiger partial charge is 0.382 e. The van der Waals surface area contributed by atoms with Crippen LogP contribution in [0.5, 0.6) is 0 Å². The molecule has 0 atom stereocenters. The second kappa shape index (κ2) is 10.6. The Balaban J connectivity index is 1.50. The topological polar surface area (TPSA) is 18.5 Å². The van der Waals surface area contributed by atoms with Gasteiger partial charge in [-0.3, -0.25) is 0 Å². The van der Waals surface area contributed by atoms with Crippen LogP contribution in [-0.2, 0) is 9.47 Å². The lowest BCUT2D eigenvalue weighted by atomic mass is 9.75. The van der Waals surface area contributed by atoms with Gasteiger partial charge >= 0.3 is 0 Å². The average molecular weight is 311 g/mol. The van der Waals surface area contributed by atoms with Crippen LogP contribution in [0.25, 0.3) is 0 Å². The first-order valence-electron chi connectivity index (χ1n) is 9.88. The minimum atomic E-state index is 0.732. The fraction of sp³-hybridized carbons (Fsp3) is 1.00. The van der Waals surface area contributed by atoms with E-state index in [1.54, 1.807) is 7.11 Å². The summed E-state index contributed by atoms with van der Waals surface area (Å²) in [7, 11) is 1.74. The summed E-state index contributed by atoms with van der Waals surface area (Å²) in [6.45, 7) is 4.81. The van der Waals surface area contributed by atoms with Gasteiger partial charge in [0.1, 0.15) is 0 Å². The van der Waals surface area contributed by atoms with E-state index in [9.17, 15) is 0 Å². The Bertz CT molecular complexity index is 263. The van der Waals surface area contributed by atoms with Gasteiger partial charge in [-0.15, -0.1) is 0 Å². The van der Waals surface area contributed by atoms with E-state index in [1.807, 2.05) is 0 Å². The molecule has 0 aromatic rings. The van der Waals surface area contributed by atoms with E-state index < -0.39 is 0 Å². The summed E-state index contributed by atoms with van der Waals surface area (Å²) in [6, 6.07) is 0. The second-order valence-corrected chi connectivity index (χ2v) is 7.83. The Morgan fingerprint density at radius 1 is 0.682 bits per heavy atom. The van der Waals surface area contributed by atoms with Gasteiger partial charge in [-0.2, -0.15) is 0 Å². The summed E-state index contributed by atoms with van der Waals surface area (Å²) in [5, 5.41) is 0. The van der Waals surface area contributed by atoms with Crippen LogP contribution in [-0.4, -0.2) is 26.9 Å². The first-order valence-corrected chi connectivity index (χ1v) is 9.88. The third-order valence-corrected chi connectivity index (χ3v) is 6.28. The molecule has 0 unspecified atom stereocenters. The molecule has 0 heterocycles. The SMILES string of the molecule is CC[C@H]1CC[C@H](CC[C@H]2CC[C@H](COCCOC)CC2)CC1. The van der Waals surface area contributed by atoms with E-state index in [4.69, 9.17) is 9.47 Å². The maximum atomic E-state index is 5.70. The molecule has 0 aromatic carbocycles. The van der Waals surface area contributed by atoms with Crippen LogP contribution in [0.3, 0.4) is 0 Å². The Morgan fingerprint density at radius 2 is 1.18 bits per heavy atom. The maximum absolute atomic E-state index is 5.70. The number of hydrogen-bond donors (Lipinski definition) is 0. The molecule has 0 spiro atoms. The zero-order valence-corrected chi connectivity index (χ0v) is 15.0. The molecule has 22 heavy (non-hydrogen) atoms. The number of rotatable bonds is 9. The molecule has 0 amide bonds. The molecule has 2 rings (SSSR count). The highest BCUT2D eigenvalue weighted by Crippen LogP contribution is 2.37. The molecule has 2 aliphatic rings. The highest BCUT2D eigenvalue weighted by Gasteiger charge is 2.24. The third-order valence-electron chi connectivity index (χ3n) is 6.28. The highest BCUT2D eigenvalue weighted by atomic mass is 16.5. The minimum absolute atomic E-state index is 0.732. The fourth-order valence-electron chi connectivity index (χ4n) is 4.48. The first-order chi connectivity index (χ1) is 10.8. The highest BCUT2D eigenvalue weighted by molar-refractivity contribution is 4.76. The maximum Gasteiger partial charge on any atom is 0.0700 e. The number of hydrogen-bond acceptors (Lipinski definition) is 2. The molecule has 2 saturated carbocycles. The summed E-state index contributed by atoms with van der Waals surface area (Å²) in [6.07, 6.45) is 16.1. The van der Waals surface area contributed by atoms with Crippen LogP contribution in [0.2, 0.25) is 0 Å². The molecule has 2 aliphatic carbocycles. The number of ether oxygens (including phenoxy) is 2. The monoisotopic (exact) mass is 310 g/mol. The molecule has 2 heteroatoms. The summed E-state index contributed by atoms with van der Waals surface area (Å²) in [4.78, 5) is 0. The molecule has 0 bridgehead atoms. The van der Waals surface area contributed by atoms with Gasteiger partial charge in [0.05, 0.1) is 13.2 Å². The van der Waals surface area contributed by atoms with Gasteiger partial charge < -0.3 is 9.47 Å². The van der Waals surface area contributed by atoms with Crippen LogP contribution < -0.4 is 0 Å². The van der Waals surface area contributed by atoms with Gasteiger partial charge in [0.25, 0.3) is 0 Å². The summed E-state index contributed by atoms with van der Waals surface area (Å²) >= 11 is 0. The van der Waals surface area contributed by atoms with Gasteiger partial charge in [0.15, 0.2) is 0 Å². The summed E-state index contributed by atoms with van der Waals surface area (Å²) < 4.78 is 10.7. The van der Waals surface area contributed by atoms with Crippen molar-refractivity contribution in [1.82, 2.24) is 0 Å². The van der Waals surface area contributed by atoms with Crippen LogP contribution in [0.1, 0.15) is 77.6 Å². The van der Waals surface area contributed by atoms with Crippen LogP contribution in [0.15, 0.2) is 0 Å². The molecule has 0 radical (unpaired) electrons. The van der Waals surface area contributed by atoms with Crippen molar-refractivity contribution in [2.24, 2.45) is 23.7 Å². The molecule has 2 fully saturated rings. The quantitative estimate of drug-likeness (QED) is 0.527. The third kappa shape index (κ3) is 6.58. The average Bonchev–Trinajstić information content (AvgIpc) is 2.58. The molecule has 0 N–H and O–H groups in total. The van der Waals surface area contributed by atoms with Crippen LogP contribution >= 0.6 is 0 Å². The summed E-state index contributed by atoms with van der Waals surface area (Å²) in [5.74, 6) is 3.93. The molecule has 2 nitrogen and oxygen atoms in total. The molecular weight excluding hydrogens is 272 g/mol. The van der Waals surface area contributed by atoms with Gasteiger partial charge in [-0.05, 0) is 36.5 Å². The molecule has 130 valence electrons. The first kappa shape index (κ1) is 18.3. The lowest BCUT2D eigenvalue weighted by Crippen LogP contribution is -2.21. The molecule has 0 saturated heterocycles. The van der Waals surface area contributed by atoms with Crippen molar-refractivity contribution in [2.45, 2.75) is 77.6 Å². The van der Waals surface area contributed by atoms with Crippen molar-refractivity contribution in [1.29, 1.82) is 0 Å². The van der Waals surface area contributed by atoms with E-state index in [0.29, 0.717) is 0 Å². The smallest absolute Gasteiger partial charge is 0.0700 e. The minimum Gasteiger partial charge on any atom is -0.382 e. The van der Waals surface area contributed by atoms with Crippen molar-refractivity contribution in [3.63, 3.8) is 0 Å². The fourth-order valence-corrected chi connectivity index (χ4v) is 4.48. The predicted molar refractivity (Wildman–Crippen MR) is 93.1 cm³/mol. The number of methoxy groups -OCH3 is 1. The van der Waals surface area contributed by atoms with Crippen molar-refractivity contribution < 1.29 is 9.47 Å². The predicted octanol–water partition coefficient (Wildman–Crippen LogP) is 5.45. The van der Waals surface area contributed by atoms with Crippen molar-refractivity contribution in [3.8, 4) is 0 Å². The zero-order chi connectivity index (χ0) is 15.6. The van der Waals surface area contributed by atoms with Gasteiger partial charge in [-0.1, -0.05) is 64.7 Å². The van der Waals surface area contributed by atoms with Crippen molar-refractivity contribution >= 4 is 0 Å². The van der Waals surface area contributed by atoms with Gasteiger partial charge in [0.2, 0.25) is 0 Å². The lowest BCUT2D eigenvalue weighted by Gasteiger charge is -2.31. The van der Waals surface area contributed by atoms with E-state index >= 15 is 0 Å². The standard InChI is InChI=1S/C20H38O2/c1-3-17-4-6-18(7-5-17)8-9-19-10-12-20(13-11-19)16-22-15-14-21-2/h17-20H,3-16H2,1-2H3/t17-,18-,19-,20-. The van der Waals surface area contributed by atoms with Crippen molar-refractivity contribution in [3.05, 3.63) is 0 Å². The van der Waals surface area contributed by atoms with Crippen molar-refractivity contribution in [2.75, 3.05) is 26.9 Å². The molecule has 0 aliphatic heterocycles. The van der Waals surface area contributed by atoms with E-state index in [2.05, 4.69) is 6.92 Å². The van der Waals surface area contributed by atoms with Crippen LogP contribution in [0, 0.1) is 23.7 Å². The van der Waals surface area contributed by atoms with E-state index in [-0.39, 0.29) is 0 Å². The Kier molecular flexibility index (Phi) is 8.84. The van der Waals surface area contributed by atoms with Gasteiger partial charge in [0, 0.05) is 13.7 Å². The Labute approximate surface area is 138 Å². The molecular formula is C20H38O2. The summed E-state index contributed by atoms with van der Waals surface area (Å²) in [5.41, 5.74) is 0. The van der Waals surface area contributed by atoms with E-state index in [1.165, 1.54) is 70.6 Å². The lowest BCUT2D eigenvalue weighted by molar-refractivity contribution is 0.0391. The second-order valence-electron chi connectivity index (χ2n) is 7.83. The zero-order valence-electron chi connectivity index (χ0n) is 15.0.